The van der Waals surface area contributed by atoms with Crippen molar-refractivity contribution in [1.29, 1.82) is 0 Å². The van der Waals surface area contributed by atoms with E-state index >= 15 is 0 Å². The number of nitrogens with zero attached hydrogens (tertiary/aromatic N) is 5. The molecule has 0 radical (unpaired) electrons. The Balaban J connectivity index is 1.73. The Morgan fingerprint density at radius 1 is 1.50 bits per heavy atom. The molecule has 1 amide bonds. The summed E-state index contributed by atoms with van der Waals surface area (Å²) in [5, 5.41) is 20.1. The fourth-order valence-electron chi connectivity index (χ4n) is 2.52. The predicted octanol–water partition coefficient (Wildman–Crippen LogP) is -0.0168. The largest absolute Gasteiger partial charge is 0.474 e. The number of thiocarbonyl (C=S) groups is 1. The summed E-state index contributed by atoms with van der Waals surface area (Å²) in [4.78, 5) is 14.5. The Morgan fingerprint density at radius 2 is 2.31 bits per heavy atom. The number of hydrogen-bond acceptors (Lipinski definition) is 7. The number of methoxy groups -OCH3 is 1. The molecule has 1 aliphatic heterocycles. The molecule has 0 bridgehead atoms. The molecule has 0 atom stereocenters. The van der Waals surface area contributed by atoms with Crippen LogP contribution in [0.5, 0.6) is 0 Å². The van der Waals surface area contributed by atoms with Gasteiger partial charge in [0.15, 0.2) is 0 Å². The quantitative estimate of drug-likeness (QED) is 0.699. The van der Waals surface area contributed by atoms with Gasteiger partial charge in [-0.1, -0.05) is 5.21 Å². The minimum Gasteiger partial charge on any atom is -0.474 e. The molecule has 0 aliphatic carbocycles. The normalized spacial score (nSPS) is 14.0. The molecule has 0 unspecified atom stereocenters. The van der Waals surface area contributed by atoms with Gasteiger partial charge >= 0.3 is 0 Å². The molecule has 9 nitrogen and oxygen atoms in total. The first-order valence-corrected chi connectivity index (χ1v) is 8.09. The van der Waals surface area contributed by atoms with Crippen LogP contribution >= 0.6 is 12.2 Å². The number of amides is 1. The standard InChI is InChI=1S/C15H17FN6O3S/c1-25-15(26)17-5-10-6-22(19-18-10)11-2-3-13(12(16)4-11)20-7-14(24)21(8-20)9-23/h2-4,6,23H,5,7-9H2,1H3,(H,17,26). The zero-order chi connectivity index (χ0) is 18.7. The molecular formula is C15H17FN6O3S. The van der Waals surface area contributed by atoms with Crippen LogP contribution in [0.15, 0.2) is 24.4 Å². The summed E-state index contributed by atoms with van der Waals surface area (Å²) >= 11 is 4.88. The highest BCUT2D eigenvalue weighted by Crippen LogP contribution is 2.24. The van der Waals surface area contributed by atoms with Crippen molar-refractivity contribution >= 4 is 29.0 Å². The van der Waals surface area contributed by atoms with Crippen LogP contribution in [0.1, 0.15) is 5.69 Å². The second kappa shape index (κ2) is 7.62. The number of nitrogens with one attached hydrogen (secondary N) is 1. The van der Waals surface area contributed by atoms with Gasteiger partial charge in [0.2, 0.25) is 5.91 Å². The van der Waals surface area contributed by atoms with Crippen molar-refractivity contribution in [2.75, 3.05) is 32.0 Å². The van der Waals surface area contributed by atoms with Crippen molar-refractivity contribution in [2.24, 2.45) is 0 Å². The van der Waals surface area contributed by atoms with Crippen molar-refractivity contribution in [2.45, 2.75) is 6.54 Å². The molecule has 0 saturated carbocycles. The fourth-order valence-corrected chi connectivity index (χ4v) is 2.59. The maximum absolute atomic E-state index is 14.5. The topological polar surface area (TPSA) is 95.8 Å². The third-order valence-electron chi connectivity index (χ3n) is 3.87. The number of rotatable bonds is 5. The first kappa shape index (κ1) is 18.0. The van der Waals surface area contributed by atoms with E-state index in [0.717, 1.165) is 0 Å². The number of carbonyl (C=O) groups excluding carboxylic acids is 1. The van der Waals surface area contributed by atoms with Crippen molar-refractivity contribution in [3.63, 3.8) is 0 Å². The molecule has 11 heteroatoms. The van der Waals surface area contributed by atoms with Gasteiger partial charge < -0.3 is 25.0 Å². The minimum atomic E-state index is -0.495. The lowest BCUT2D eigenvalue weighted by atomic mass is 10.2. The Hall–Kier alpha value is -2.79. The smallest absolute Gasteiger partial charge is 0.256 e. The van der Waals surface area contributed by atoms with E-state index in [4.69, 9.17) is 22.1 Å². The van der Waals surface area contributed by atoms with E-state index in [1.807, 2.05) is 0 Å². The minimum absolute atomic E-state index is 0.0232. The lowest BCUT2D eigenvalue weighted by Gasteiger charge is -2.19. The molecule has 1 aromatic carbocycles. The highest BCUT2D eigenvalue weighted by Gasteiger charge is 2.28. The fraction of sp³-hybridized carbons (Fsp3) is 0.333. The third-order valence-corrected chi connectivity index (χ3v) is 4.18. The van der Waals surface area contributed by atoms with Crippen LogP contribution in [-0.2, 0) is 16.1 Å². The molecule has 2 N–H and O–H groups in total. The molecule has 26 heavy (non-hydrogen) atoms. The van der Waals surface area contributed by atoms with E-state index in [1.165, 1.54) is 22.8 Å². The summed E-state index contributed by atoms with van der Waals surface area (Å²) in [6, 6.07) is 4.56. The highest BCUT2D eigenvalue weighted by molar-refractivity contribution is 7.80. The van der Waals surface area contributed by atoms with Gasteiger partial charge in [-0.05, 0) is 24.4 Å². The first-order valence-electron chi connectivity index (χ1n) is 7.68. The molecule has 2 heterocycles. The van der Waals surface area contributed by atoms with Gasteiger partial charge in [0, 0.05) is 6.07 Å². The SMILES string of the molecule is COC(=S)NCc1cn(-c2ccc(N3CC(=O)N(CO)C3)c(F)c2)nn1. The number of ether oxygens (including phenoxy) is 1. The number of carbonyl (C=O) groups is 1. The number of aliphatic hydroxyl groups is 1. The van der Waals surface area contributed by atoms with E-state index in [1.54, 1.807) is 23.2 Å². The van der Waals surface area contributed by atoms with Crippen molar-refractivity contribution in [3.05, 3.63) is 35.9 Å². The van der Waals surface area contributed by atoms with Gasteiger partial charge in [-0.25, -0.2) is 9.07 Å². The monoisotopic (exact) mass is 380 g/mol. The lowest BCUT2D eigenvalue weighted by Crippen LogP contribution is -2.28. The second-order valence-corrected chi connectivity index (χ2v) is 5.92. The Bertz CT molecular complexity index is 829. The summed E-state index contributed by atoms with van der Waals surface area (Å²) in [5.41, 5.74) is 1.38. The number of anilines is 1. The van der Waals surface area contributed by atoms with E-state index < -0.39 is 12.5 Å². The van der Waals surface area contributed by atoms with Crippen molar-refractivity contribution in [1.82, 2.24) is 25.2 Å². The zero-order valence-electron chi connectivity index (χ0n) is 13.9. The molecular weight excluding hydrogens is 363 g/mol. The summed E-state index contributed by atoms with van der Waals surface area (Å²) in [6.45, 7) is 0.108. The molecule has 1 aromatic heterocycles. The third kappa shape index (κ3) is 3.73. The van der Waals surface area contributed by atoms with E-state index in [9.17, 15) is 9.18 Å². The molecule has 3 rings (SSSR count). The maximum Gasteiger partial charge on any atom is 0.256 e. The lowest BCUT2D eigenvalue weighted by molar-refractivity contribution is -0.129. The number of hydrogen-bond donors (Lipinski definition) is 2. The van der Waals surface area contributed by atoms with Gasteiger partial charge in [0.1, 0.15) is 18.2 Å². The summed E-state index contributed by atoms with van der Waals surface area (Å²) in [5.74, 6) is -0.746. The van der Waals surface area contributed by atoms with Crippen LogP contribution in [0.2, 0.25) is 0 Å². The van der Waals surface area contributed by atoms with E-state index in [-0.39, 0.29) is 30.0 Å². The molecule has 1 fully saturated rings. The molecule has 1 aliphatic rings. The molecule has 0 spiro atoms. The maximum atomic E-state index is 14.5. The molecule has 1 saturated heterocycles. The molecule has 138 valence electrons. The Kier molecular flexibility index (Phi) is 5.28. The summed E-state index contributed by atoms with van der Waals surface area (Å²) < 4.78 is 20.8. The van der Waals surface area contributed by atoms with Gasteiger partial charge in [-0.3, -0.25) is 4.79 Å². The van der Waals surface area contributed by atoms with Crippen LogP contribution in [0.4, 0.5) is 10.1 Å². The van der Waals surface area contributed by atoms with Crippen LogP contribution in [0.25, 0.3) is 5.69 Å². The van der Waals surface area contributed by atoms with Crippen molar-refractivity contribution in [3.8, 4) is 5.69 Å². The summed E-state index contributed by atoms with van der Waals surface area (Å²) in [6.07, 6.45) is 1.65. The Labute approximate surface area is 153 Å². The number of halogens is 1. The summed E-state index contributed by atoms with van der Waals surface area (Å²) in [7, 11) is 1.46. The average molecular weight is 380 g/mol. The van der Waals surface area contributed by atoms with Gasteiger partial charge in [0.25, 0.3) is 5.17 Å². The van der Waals surface area contributed by atoms with Crippen LogP contribution in [0.3, 0.4) is 0 Å². The first-order chi connectivity index (χ1) is 12.5. The number of aromatic nitrogens is 3. The number of aliphatic hydroxyl groups excluding tert-OH is 1. The molecule has 2 aromatic rings. The predicted molar refractivity (Wildman–Crippen MR) is 93.9 cm³/mol. The van der Waals surface area contributed by atoms with Gasteiger partial charge in [0.05, 0.1) is 44.4 Å². The Morgan fingerprint density at radius 3 is 2.96 bits per heavy atom. The average Bonchev–Trinajstić information content (AvgIpc) is 3.26. The highest BCUT2D eigenvalue weighted by atomic mass is 32.1. The van der Waals surface area contributed by atoms with Crippen molar-refractivity contribution < 1.29 is 19.0 Å². The van der Waals surface area contributed by atoms with Crippen LogP contribution < -0.4 is 10.2 Å². The van der Waals surface area contributed by atoms with Gasteiger partial charge in [-0.15, -0.1) is 5.10 Å². The van der Waals surface area contributed by atoms with Crippen LogP contribution in [0, 0.1) is 5.82 Å². The van der Waals surface area contributed by atoms with Gasteiger partial charge in [-0.2, -0.15) is 0 Å². The van der Waals surface area contributed by atoms with Crippen LogP contribution in [-0.4, -0.2) is 63.1 Å². The second-order valence-electron chi connectivity index (χ2n) is 5.55. The van der Waals surface area contributed by atoms with E-state index in [0.29, 0.717) is 17.9 Å². The zero-order valence-corrected chi connectivity index (χ0v) is 14.7. The van der Waals surface area contributed by atoms with E-state index in [2.05, 4.69) is 15.6 Å². The number of benzene rings is 1.